The molecular formula is C57H66N8O3. The van der Waals surface area contributed by atoms with Crippen molar-refractivity contribution in [2.24, 2.45) is 18.9 Å². The number of aromatic nitrogens is 2. The van der Waals surface area contributed by atoms with Gasteiger partial charge in [-0.1, -0.05) is 91.7 Å². The third-order valence-electron chi connectivity index (χ3n) is 16.0. The number of piperazine rings is 3. The zero-order valence-corrected chi connectivity index (χ0v) is 39.6. The van der Waals surface area contributed by atoms with Crippen molar-refractivity contribution in [2.45, 2.75) is 63.0 Å². The highest BCUT2D eigenvalue weighted by Gasteiger charge is 2.35. The number of benzene rings is 5. The van der Waals surface area contributed by atoms with Crippen molar-refractivity contribution in [3.05, 3.63) is 155 Å². The first-order chi connectivity index (χ1) is 33.4. The molecule has 4 fully saturated rings. The third kappa shape index (κ3) is 9.53. The highest BCUT2D eigenvalue weighted by atomic mass is 16.5. The summed E-state index contributed by atoms with van der Waals surface area (Å²) in [6.07, 6.45) is 7.59. The molecule has 1 aromatic heterocycles. The fourth-order valence-electron chi connectivity index (χ4n) is 12.2. The largest absolute Gasteiger partial charge is 0.489 e. The number of hydrogen-bond acceptors (Lipinski definition) is 9. The van der Waals surface area contributed by atoms with Crippen molar-refractivity contribution in [3.63, 3.8) is 0 Å². The molecule has 5 aromatic carbocycles. The van der Waals surface area contributed by atoms with Gasteiger partial charge in [0, 0.05) is 95.2 Å². The van der Waals surface area contributed by atoms with Crippen molar-refractivity contribution in [3.8, 4) is 5.75 Å². The summed E-state index contributed by atoms with van der Waals surface area (Å²) in [6, 6.07) is 43.9. The van der Waals surface area contributed by atoms with E-state index in [0.29, 0.717) is 24.1 Å². The Morgan fingerprint density at radius 2 is 1.31 bits per heavy atom. The molecule has 4 heterocycles. The van der Waals surface area contributed by atoms with Gasteiger partial charge in [-0.3, -0.25) is 34.7 Å². The molecule has 352 valence electrons. The lowest BCUT2D eigenvalue weighted by Crippen LogP contribution is -2.51. The Balaban J connectivity index is 0.688. The molecule has 3 saturated heterocycles. The molecule has 68 heavy (non-hydrogen) atoms. The lowest BCUT2D eigenvalue weighted by atomic mass is 9.69. The van der Waals surface area contributed by atoms with E-state index in [-0.39, 0.29) is 18.4 Å². The average Bonchev–Trinajstić information content (AvgIpc) is 3.71. The lowest BCUT2D eigenvalue weighted by Gasteiger charge is -2.43. The first kappa shape index (κ1) is 44.5. The normalized spacial score (nSPS) is 23.9. The Morgan fingerprint density at radius 3 is 1.99 bits per heavy atom. The molecule has 11 nitrogen and oxygen atoms in total. The molecular weight excluding hydrogens is 845 g/mol. The van der Waals surface area contributed by atoms with Gasteiger partial charge in [-0.15, -0.1) is 0 Å². The molecule has 2 aliphatic carbocycles. The first-order valence-corrected chi connectivity index (χ1v) is 25.3. The van der Waals surface area contributed by atoms with Crippen LogP contribution in [0.15, 0.2) is 121 Å². The van der Waals surface area contributed by atoms with E-state index in [1.54, 1.807) is 0 Å². The van der Waals surface area contributed by atoms with Crippen LogP contribution < -0.4 is 25.2 Å². The lowest BCUT2D eigenvalue weighted by molar-refractivity contribution is -0.134. The predicted octanol–water partition coefficient (Wildman–Crippen LogP) is 8.05. The summed E-state index contributed by atoms with van der Waals surface area (Å²) < 4.78 is 8.15. The second-order valence-electron chi connectivity index (χ2n) is 20.1. The van der Waals surface area contributed by atoms with Gasteiger partial charge in [-0.2, -0.15) is 5.10 Å². The number of ether oxygens (including phenoxy) is 1. The van der Waals surface area contributed by atoms with E-state index in [4.69, 9.17) is 9.84 Å². The highest BCUT2D eigenvalue weighted by molar-refractivity contribution is 6.03. The van der Waals surface area contributed by atoms with Crippen LogP contribution >= 0.6 is 0 Å². The van der Waals surface area contributed by atoms with Crippen LogP contribution in [0.4, 0.5) is 11.4 Å². The summed E-state index contributed by atoms with van der Waals surface area (Å²) in [5.74, 6) is 2.54. The van der Waals surface area contributed by atoms with Gasteiger partial charge in [0.2, 0.25) is 11.8 Å². The SMILES string of the molecule is Cn1nc(C2NCC(=O)NC2=O)c2ccc(N3CCN(C[C@@H]4CCCC[C@H]4CN4CCN(c5ccc([C@@H]6c7ccc(OCc8ccccc8)cc7CC[C@@H]6c6ccccc6)cc5)CC4)CC3)cc21. The van der Waals surface area contributed by atoms with Crippen molar-refractivity contribution in [2.75, 3.05) is 81.8 Å². The zero-order chi connectivity index (χ0) is 46.0. The van der Waals surface area contributed by atoms with Gasteiger partial charge < -0.3 is 14.5 Å². The average molecular weight is 911 g/mol. The smallest absolute Gasteiger partial charge is 0.250 e. The number of hydrogen-bond donors (Lipinski definition) is 2. The van der Waals surface area contributed by atoms with E-state index in [2.05, 4.69) is 152 Å². The number of fused-ring (bicyclic) bond motifs is 2. The summed E-state index contributed by atoms with van der Waals surface area (Å²) in [7, 11) is 1.93. The Bertz CT molecular complexity index is 2690. The molecule has 11 heteroatoms. The maximum Gasteiger partial charge on any atom is 0.250 e. The number of carbonyl (C=O) groups excluding carboxylic acids is 2. The summed E-state index contributed by atoms with van der Waals surface area (Å²) >= 11 is 0. The van der Waals surface area contributed by atoms with Crippen LogP contribution in [0.1, 0.15) is 83.5 Å². The topological polar surface area (TPSA) is 98.2 Å². The van der Waals surface area contributed by atoms with Crippen LogP contribution in [0, 0.1) is 11.8 Å². The molecule has 1 saturated carbocycles. The molecule has 3 aliphatic heterocycles. The number of rotatable bonds is 12. The van der Waals surface area contributed by atoms with E-state index in [0.717, 1.165) is 93.7 Å². The summed E-state index contributed by atoms with van der Waals surface area (Å²) in [5.41, 5.74) is 11.1. The number of amides is 2. The highest BCUT2D eigenvalue weighted by Crippen LogP contribution is 2.47. The van der Waals surface area contributed by atoms with E-state index in [1.165, 1.54) is 78.0 Å². The Hall–Kier alpha value is -6.01. The zero-order valence-electron chi connectivity index (χ0n) is 39.6. The van der Waals surface area contributed by atoms with Gasteiger partial charge in [-0.05, 0) is 114 Å². The van der Waals surface area contributed by atoms with E-state index >= 15 is 0 Å². The van der Waals surface area contributed by atoms with Gasteiger partial charge in [0.1, 0.15) is 18.4 Å². The molecule has 5 atom stereocenters. The van der Waals surface area contributed by atoms with Crippen LogP contribution in [-0.2, 0) is 29.7 Å². The van der Waals surface area contributed by atoms with Crippen LogP contribution in [0.2, 0.25) is 0 Å². The Kier molecular flexibility index (Phi) is 13.0. The molecule has 6 aromatic rings. The number of carbonyl (C=O) groups is 2. The molecule has 2 N–H and O–H groups in total. The maximum absolute atomic E-state index is 12.6. The maximum atomic E-state index is 12.6. The molecule has 2 amide bonds. The summed E-state index contributed by atoms with van der Waals surface area (Å²) in [5, 5.41) is 11.1. The third-order valence-corrected chi connectivity index (χ3v) is 16.0. The monoisotopic (exact) mass is 911 g/mol. The molecule has 0 spiro atoms. The van der Waals surface area contributed by atoms with Gasteiger partial charge in [0.25, 0.3) is 0 Å². The summed E-state index contributed by atoms with van der Waals surface area (Å²) in [4.78, 5) is 34.9. The van der Waals surface area contributed by atoms with Crippen LogP contribution in [0.3, 0.4) is 0 Å². The molecule has 11 rings (SSSR count). The van der Waals surface area contributed by atoms with Gasteiger partial charge in [-0.25, -0.2) is 0 Å². The molecule has 1 unspecified atom stereocenters. The number of nitrogens with zero attached hydrogens (tertiary/aromatic N) is 6. The number of aryl methyl sites for hydroxylation is 2. The molecule has 0 bridgehead atoms. The number of anilines is 2. The van der Waals surface area contributed by atoms with Gasteiger partial charge >= 0.3 is 0 Å². The molecule has 5 aliphatic rings. The van der Waals surface area contributed by atoms with E-state index < -0.39 is 6.04 Å². The Labute approximate surface area is 401 Å². The fraction of sp³-hybridized carbons (Fsp3) is 0.421. The quantitative estimate of drug-likeness (QED) is 0.118. The predicted molar refractivity (Wildman–Crippen MR) is 270 cm³/mol. The van der Waals surface area contributed by atoms with Crippen molar-refractivity contribution in [1.82, 2.24) is 30.2 Å². The van der Waals surface area contributed by atoms with E-state index in [9.17, 15) is 9.59 Å². The van der Waals surface area contributed by atoms with Gasteiger partial charge in [0.15, 0.2) is 0 Å². The minimum Gasteiger partial charge on any atom is -0.489 e. The van der Waals surface area contributed by atoms with Crippen molar-refractivity contribution >= 4 is 34.1 Å². The minimum atomic E-state index is -0.634. The number of imide groups is 1. The molecule has 0 radical (unpaired) electrons. The van der Waals surface area contributed by atoms with Crippen LogP contribution in [-0.4, -0.2) is 103 Å². The Morgan fingerprint density at radius 1 is 0.662 bits per heavy atom. The summed E-state index contributed by atoms with van der Waals surface area (Å²) in [6.45, 7) is 11.6. The standard InChI is InChI=1S/C57H66N8O3/c1-61-52-35-47(21-24-51(52)55(60-61)56-57(67)59-53(66)36-58-56)65-32-28-63(29-33-65)38-45-15-9-8-14-44(45)37-62-26-30-64(31-27-62)46-19-16-42(17-20-46)54-49(41-12-6-3-7-13-41)23-18-43-34-48(22-25-50(43)54)68-39-40-10-4-2-5-11-40/h2-7,10-13,16-17,19-22,24-25,34-35,44-45,49,54,56,58H,8-9,14-15,18,23,26-33,36-39H2,1H3,(H,59,66,67)/t44-,45-,49+,54-,56?/m0/s1. The second kappa shape index (κ2) is 19.9. The van der Waals surface area contributed by atoms with E-state index in [1.807, 2.05) is 11.7 Å². The number of nitrogens with one attached hydrogen (secondary N) is 2. The van der Waals surface area contributed by atoms with Crippen LogP contribution in [0.5, 0.6) is 5.75 Å². The van der Waals surface area contributed by atoms with Crippen molar-refractivity contribution < 1.29 is 14.3 Å². The minimum absolute atomic E-state index is 0.106. The van der Waals surface area contributed by atoms with Crippen molar-refractivity contribution in [1.29, 1.82) is 0 Å². The fourth-order valence-corrected chi connectivity index (χ4v) is 12.2. The second-order valence-corrected chi connectivity index (χ2v) is 20.1. The van der Waals surface area contributed by atoms with Crippen LogP contribution in [0.25, 0.3) is 10.9 Å². The van der Waals surface area contributed by atoms with Gasteiger partial charge in [0.05, 0.1) is 17.8 Å². The first-order valence-electron chi connectivity index (χ1n) is 25.3.